The van der Waals surface area contributed by atoms with Gasteiger partial charge in [0.15, 0.2) is 0 Å². The van der Waals surface area contributed by atoms with Gasteiger partial charge in [-0.3, -0.25) is 4.79 Å². The summed E-state index contributed by atoms with van der Waals surface area (Å²) in [6.07, 6.45) is 0.248. The molecular weight excluding hydrogens is 356 g/mol. The van der Waals surface area contributed by atoms with E-state index in [9.17, 15) is 18.0 Å². The maximum Gasteiger partial charge on any atom is 0.326 e. The molecule has 0 aliphatic carbocycles. The second kappa shape index (κ2) is 8.46. The van der Waals surface area contributed by atoms with Crippen molar-refractivity contribution in [3.8, 4) is 0 Å². The molecule has 1 aromatic rings. The Hall–Kier alpha value is -1.64. The Morgan fingerprint density at radius 1 is 1.17 bits per heavy atom. The van der Waals surface area contributed by atoms with E-state index in [1.807, 2.05) is 13.8 Å². The first kappa shape index (κ1) is 20.4. The van der Waals surface area contributed by atoms with Crippen molar-refractivity contribution in [2.24, 2.45) is 5.92 Å². The molecule has 1 amide bonds. The standard InChI is InChI=1S/C15H21ClN2O5S/c1-9(2)8-13(15(20)21)17-14(19)10(3)18-24(22,23)12-6-4-11(16)5-7-12/h4-7,9-10,13,18H,8H2,1-3H3,(H,17,19)(H,20,21)/t10?,13-/m1/s1. The zero-order valence-electron chi connectivity index (χ0n) is 13.6. The number of nitrogens with one attached hydrogen (secondary N) is 2. The Balaban J connectivity index is 2.78. The summed E-state index contributed by atoms with van der Waals surface area (Å²) >= 11 is 5.71. The van der Waals surface area contributed by atoms with Gasteiger partial charge in [-0.25, -0.2) is 13.2 Å². The highest BCUT2D eigenvalue weighted by Crippen LogP contribution is 2.14. The van der Waals surface area contributed by atoms with Crippen LogP contribution in [-0.2, 0) is 19.6 Å². The summed E-state index contributed by atoms with van der Waals surface area (Å²) in [5.41, 5.74) is 0. The fourth-order valence-electron chi connectivity index (χ4n) is 1.96. The summed E-state index contributed by atoms with van der Waals surface area (Å²) in [4.78, 5) is 23.2. The molecule has 7 nitrogen and oxygen atoms in total. The molecule has 24 heavy (non-hydrogen) atoms. The summed E-state index contributed by atoms with van der Waals surface area (Å²) in [6.45, 7) is 5.00. The number of hydrogen-bond acceptors (Lipinski definition) is 4. The van der Waals surface area contributed by atoms with Crippen molar-refractivity contribution < 1.29 is 23.1 Å². The molecule has 0 aromatic heterocycles. The first-order chi connectivity index (χ1) is 11.0. The van der Waals surface area contributed by atoms with Gasteiger partial charge in [0.1, 0.15) is 6.04 Å². The normalized spacial score (nSPS) is 14.2. The van der Waals surface area contributed by atoms with E-state index in [1.165, 1.54) is 31.2 Å². The largest absolute Gasteiger partial charge is 0.480 e. The molecule has 9 heteroatoms. The van der Waals surface area contributed by atoms with Crippen LogP contribution in [-0.4, -0.2) is 37.5 Å². The summed E-state index contributed by atoms with van der Waals surface area (Å²) in [6, 6.07) is 3.27. The summed E-state index contributed by atoms with van der Waals surface area (Å²) in [7, 11) is -3.92. The fraction of sp³-hybridized carbons (Fsp3) is 0.467. The van der Waals surface area contributed by atoms with Gasteiger partial charge >= 0.3 is 5.97 Å². The lowest BCUT2D eigenvalue weighted by atomic mass is 10.0. The van der Waals surface area contributed by atoms with Gasteiger partial charge in [0, 0.05) is 5.02 Å². The highest BCUT2D eigenvalue weighted by molar-refractivity contribution is 7.89. The molecular formula is C15H21ClN2O5S. The molecule has 1 rings (SSSR count). The van der Waals surface area contributed by atoms with Crippen LogP contribution in [0.4, 0.5) is 0 Å². The van der Waals surface area contributed by atoms with Gasteiger partial charge in [-0.15, -0.1) is 0 Å². The Morgan fingerprint density at radius 2 is 1.71 bits per heavy atom. The Bertz CT molecular complexity index is 688. The minimum absolute atomic E-state index is 0.0384. The summed E-state index contributed by atoms with van der Waals surface area (Å²) in [5.74, 6) is -1.81. The third-order valence-electron chi connectivity index (χ3n) is 3.17. The quantitative estimate of drug-likeness (QED) is 0.638. The van der Waals surface area contributed by atoms with E-state index < -0.39 is 34.0 Å². The molecule has 1 aromatic carbocycles. The van der Waals surface area contributed by atoms with E-state index in [1.54, 1.807) is 0 Å². The number of sulfonamides is 1. The lowest BCUT2D eigenvalue weighted by Crippen LogP contribution is -2.50. The van der Waals surface area contributed by atoms with Crippen LogP contribution in [0.5, 0.6) is 0 Å². The predicted molar refractivity (Wildman–Crippen MR) is 90.3 cm³/mol. The number of carbonyl (C=O) groups excluding carboxylic acids is 1. The number of carboxylic acid groups (broad SMARTS) is 1. The second-order valence-corrected chi connectivity index (χ2v) is 7.98. The van der Waals surface area contributed by atoms with Crippen LogP contribution < -0.4 is 10.0 Å². The molecule has 0 saturated carbocycles. The van der Waals surface area contributed by atoms with E-state index in [2.05, 4.69) is 10.0 Å². The molecule has 134 valence electrons. The van der Waals surface area contributed by atoms with Crippen LogP contribution in [0, 0.1) is 5.92 Å². The maximum atomic E-state index is 12.2. The van der Waals surface area contributed by atoms with Crippen LogP contribution in [0.25, 0.3) is 0 Å². The SMILES string of the molecule is CC(C)C[C@@H](NC(=O)C(C)NS(=O)(=O)c1ccc(Cl)cc1)C(=O)O. The van der Waals surface area contributed by atoms with E-state index in [0.29, 0.717) is 5.02 Å². The minimum atomic E-state index is -3.92. The van der Waals surface area contributed by atoms with E-state index in [4.69, 9.17) is 16.7 Å². The van der Waals surface area contributed by atoms with Crippen molar-refractivity contribution in [1.82, 2.24) is 10.0 Å². The molecule has 0 radical (unpaired) electrons. The Morgan fingerprint density at radius 3 is 2.17 bits per heavy atom. The van der Waals surface area contributed by atoms with Gasteiger partial charge < -0.3 is 10.4 Å². The number of carboxylic acids is 1. The second-order valence-electron chi connectivity index (χ2n) is 5.83. The van der Waals surface area contributed by atoms with E-state index in [0.717, 1.165) is 0 Å². The molecule has 0 saturated heterocycles. The molecule has 0 aliphatic heterocycles. The third-order valence-corrected chi connectivity index (χ3v) is 4.98. The average Bonchev–Trinajstić information content (AvgIpc) is 2.45. The molecule has 0 fully saturated rings. The van der Waals surface area contributed by atoms with Gasteiger partial charge in [-0.2, -0.15) is 4.72 Å². The third kappa shape index (κ3) is 6.10. The fourth-order valence-corrected chi connectivity index (χ4v) is 3.29. The average molecular weight is 377 g/mol. The van der Waals surface area contributed by atoms with Gasteiger partial charge in [0.25, 0.3) is 0 Å². The smallest absolute Gasteiger partial charge is 0.326 e. The first-order valence-corrected chi connectivity index (χ1v) is 9.20. The Labute approximate surface area is 146 Å². The molecule has 2 atom stereocenters. The zero-order valence-corrected chi connectivity index (χ0v) is 15.2. The highest BCUT2D eigenvalue weighted by atomic mass is 35.5. The van der Waals surface area contributed by atoms with Crippen LogP contribution in [0.1, 0.15) is 27.2 Å². The number of hydrogen-bond donors (Lipinski definition) is 3. The predicted octanol–water partition coefficient (Wildman–Crippen LogP) is 1.62. The van der Waals surface area contributed by atoms with E-state index >= 15 is 0 Å². The number of halogens is 1. The lowest BCUT2D eigenvalue weighted by molar-refractivity contribution is -0.142. The first-order valence-electron chi connectivity index (χ1n) is 7.34. The maximum absolute atomic E-state index is 12.2. The topological polar surface area (TPSA) is 113 Å². The van der Waals surface area contributed by atoms with Crippen molar-refractivity contribution in [2.45, 2.75) is 44.2 Å². The molecule has 0 heterocycles. The van der Waals surface area contributed by atoms with Gasteiger partial charge in [-0.05, 0) is 43.5 Å². The number of amides is 1. The molecule has 0 aliphatic rings. The van der Waals surface area contributed by atoms with Crippen molar-refractivity contribution >= 4 is 33.5 Å². The van der Waals surface area contributed by atoms with Crippen LogP contribution in [0.15, 0.2) is 29.2 Å². The zero-order chi connectivity index (χ0) is 18.5. The van der Waals surface area contributed by atoms with Gasteiger partial charge in [-0.1, -0.05) is 25.4 Å². The van der Waals surface area contributed by atoms with Crippen LogP contribution in [0.3, 0.4) is 0 Å². The van der Waals surface area contributed by atoms with Crippen molar-refractivity contribution in [3.63, 3.8) is 0 Å². The van der Waals surface area contributed by atoms with E-state index in [-0.39, 0.29) is 17.2 Å². The summed E-state index contributed by atoms with van der Waals surface area (Å²) in [5, 5.41) is 11.9. The number of rotatable bonds is 8. The summed E-state index contributed by atoms with van der Waals surface area (Å²) < 4.78 is 26.6. The lowest BCUT2D eigenvalue weighted by Gasteiger charge is -2.20. The molecule has 0 bridgehead atoms. The van der Waals surface area contributed by atoms with Gasteiger partial charge in [0.2, 0.25) is 15.9 Å². The molecule has 3 N–H and O–H groups in total. The van der Waals surface area contributed by atoms with Crippen LogP contribution in [0.2, 0.25) is 5.02 Å². The van der Waals surface area contributed by atoms with Gasteiger partial charge in [0.05, 0.1) is 10.9 Å². The highest BCUT2D eigenvalue weighted by Gasteiger charge is 2.26. The van der Waals surface area contributed by atoms with Crippen molar-refractivity contribution in [3.05, 3.63) is 29.3 Å². The Kier molecular flexibility index (Phi) is 7.19. The minimum Gasteiger partial charge on any atom is -0.480 e. The number of benzene rings is 1. The monoisotopic (exact) mass is 376 g/mol. The van der Waals surface area contributed by atoms with Crippen LogP contribution >= 0.6 is 11.6 Å². The van der Waals surface area contributed by atoms with Crippen molar-refractivity contribution in [1.29, 1.82) is 0 Å². The number of carbonyl (C=O) groups is 2. The molecule has 0 spiro atoms. The van der Waals surface area contributed by atoms with Crippen molar-refractivity contribution in [2.75, 3.05) is 0 Å². The number of aliphatic carboxylic acids is 1. The molecule has 1 unspecified atom stereocenters.